The Hall–Kier alpha value is -0.830. The van der Waals surface area contributed by atoms with E-state index >= 15 is 0 Å². The van der Waals surface area contributed by atoms with Crippen LogP contribution in [0.25, 0.3) is 0 Å². The Labute approximate surface area is 128 Å². The van der Waals surface area contributed by atoms with Crippen molar-refractivity contribution in [3.05, 3.63) is 17.0 Å². The maximum Gasteiger partial charge on any atom is 0.0638 e. The minimum Gasteiger partial charge on any atom is -0.310 e. The van der Waals surface area contributed by atoms with Gasteiger partial charge in [0.05, 0.1) is 5.69 Å². The van der Waals surface area contributed by atoms with Crippen molar-refractivity contribution in [3.8, 4) is 0 Å². The summed E-state index contributed by atoms with van der Waals surface area (Å²) in [6, 6.07) is 0.639. The molecule has 1 atom stereocenters. The molecule has 1 heterocycles. The van der Waals surface area contributed by atoms with Gasteiger partial charge < -0.3 is 5.32 Å². The molecule has 3 heteroatoms. The number of H-pyrrole nitrogens is 1. The highest BCUT2D eigenvalue weighted by Gasteiger charge is 2.52. The van der Waals surface area contributed by atoms with E-state index in [1.165, 1.54) is 49.8 Å². The number of rotatable bonds is 4. The summed E-state index contributed by atoms with van der Waals surface area (Å²) in [5, 5.41) is 11.3. The molecule has 0 amide bonds. The lowest BCUT2D eigenvalue weighted by molar-refractivity contribution is -0.0706. The molecule has 0 saturated heterocycles. The summed E-state index contributed by atoms with van der Waals surface area (Å²) >= 11 is 0. The fourth-order valence-corrected chi connectivity index (χ4v) is 6.01. The van der Waals surface area contributed by atoms with Crippen molar-refractivity contribution in [1.82, 2.24) is 15.5 Å². The van der Waals surface area contributed by atoms with E-state index in [9.17, 15) is 0 Å². The molecule has 0 spiro atoms. The molecule has 4 aliphatic rings. The molecule has 2 N–H and O–H groups in total. The van der Waals surface area contributed by atoms with Crippen LogP contribution in [0.2, 0.25) is 0 Å². The van der Waals surface area contributed by atoms with Crippen LogP contribution in [0.5, 0.6) is 0 Å². The predicted octanol–water partition coefficient (Wildman–Crippen LogP) is 3.72. The Bertz CT molecular complexity index is 476. The van der Waals surface area contributed by atoms with Crippen molar-refractivity contribution in [2.45, 2.75) is 71.9 Å². The van der Waals surface area contributed by atoms with Crippen molar-refractivity contribution in [2.24, 2.45) is 23.2 Å². The Morgan fingerprint density at radius 1 is 1.14 bits per heavy atom. The van der Waals surface area contributed by atoms with Crippen molar-refractivity contribution in [1.29, 1.82) is 0 Å². The number of hydrogen-bond acceptors (Lipinski definition) is 2. The van der Waals surface area contributed by atoms with Gasteiger partial charge in [0.25, 0.3) is 0 Å². The molecule has 4 aliphatic carbocycles. The Morgan fingerprint density at radius 3 is 2.19 bits per heavy atom. The third-order valence-corrected chi connectivity index (χ3v) is 6.87. The summed E-state index contributed by atoms with van der Waals surface area (Å²) in [4.78, 5) is 0. The normalized spacial score (nSPS) is 38.9. The van der Waals surface area contributed by atoms with Gasteiger partial charge in [0.2, 0.25) is 0 Å². The third-order valence-electron chi connectivity index (χ3n) is 6.87. The van der Waals surface area contributed by atoms with Crippen LogP contribution in [0, 0.1) is 37.0 Å². The molecule has 116 valence electrons. The molecule has 0 radical (unpaired) electrons. The van der Waals surface area contributed by atoms with E-state index in [0.717, 1.165) is 30.0 Å². The monoisotopic (exact) mass is 287 g/mol. The van der Waals surface area contributed by atoms with Crippen LogP contribution in [-0.4, -0.2) is 16.2 Å². The molecule has 3 nitrogen and oxygen atoms in total. The summed E-state index contributed by atoms with van der Waals surface area (Å²) in [6.07, 6.45) is 9.05. The second-order valence-electron chi connectivity index (χ2n) is 8.30. The zero-order valence-electron chi connectivity index (χ0n) is 13.7. The molecule has 4 saturated carbocycles. The van der Waals surface area contributed by atoms with Crippen LogP contribution in [0.1, 0.15) is 62.4 Å². The van der Waals surface area contributed by atoms with E-state index in [1.807, 2.05) is 0 Å². The van der Waals surface area contributed by atoms with Crippen LogP contribution in [0.3, 0.4) is 0 Å². The molecule has 1 aromatic rings. The molecule has 21 heavy (non-hydrogen) atoms. The Morgan fingerprint density at radius 2 is 1.71 bits per heavy atom. The molecule has 4 fully saturated rings. The first-order valence-corrected chi connectivity index (χ1v) is 8.79. The van der Waals surface area contributed by atoms with E-state index in [2.05, 4.69) is 36.3 Å². The highest BCUT2D eigenvalue weighted by atomic mass is 15.1. The summed E-state index contributed by atoms with van der Waals surface area (Å²) < 4.78 is 0. The van der Waals surface area contributed by atoms with Crippen molar-refractivity contribution in [2.75, 3.05) is 0 Å². The first kappa shape index (κ1) is 13.8. The molecular formula is C18H29N3. The van der Waals surface area contributed by atoms with E-state index in [1.54, 1.807) is 0 Å². The minimum atomic E-state index is 0.598. The summed E-state index contributed by atoms with van der Waals surface area (Å²) in [5.41, 5.74) is 4.34. The SMILES string of the molecule is Cc1n[nH]c(C)c1CNC(C)C12CC3CC(CC(C3)C1)C2. The molecule has 5 rings (SSSR count). The van der Waals surface area contributed by atoms with E-state index in [0.29, 0.717) is 11.5 Å². The standard InChI is InChI=1S/C18H29N3/c1-11-17(12(2)21-20-11)10-19-13(3)18-7-14-4-15(8-18)6-16(5-14)9-18/h13-16,19H,4-10H2,1-3H3,(H,20,21). The lowest BCUT2D eigenvalue weighted by atomic mass is 9.48. The quantitative estimate of drug-likeness (QED) is 0.886. The van der Waals surface area contributed by atoms with Gasteiger partial charge in [-0.1, -0.05) is 0 Å². The molecule has 0 aliphatic heterocycles. The highest BCUT2D eigenvalue weighted by Crippen LogP contribution is 2.61. The van der Waals surface area contributed by atoms with E-state index < -0.39 is 0 Å². The average Bonchev–Trinajstić information content (AvgIpc) is 2.74. The molecule has 4 bridgehead atoms. The average molecular weight is 287 g/mol. The third kappa shape index (κ3) is 2.25. The maximum absolute atomic E-state index is 4.32. The predicted molar refractivity (Wildman–Crippen MR) is 85.0 cm³/mol. The summed E-state index contributed by atoms with van der Waals surface area (Å²) in [6.45, 7) is 7.65. The van der Waals surface area contributed by atoms with Crippen molar-refractivity contribution >= 4 is 0 Å². The number of hydrogen-bond donors (Lipinski definition) is 2. The van der Waals surface area contributed by atoms with Gasteiger partial charge in [0.15, 0.2) is 0 Å². The number of nitrogens with one attached hydrogen (secondary N) is 2. The van der Waals surface area contributed by atoms with Crippen LogP contribution < -0.4 is 5.32 Å². The highest BCUT2D eigenvalue weighted by molar-refractivity contribution is 5.23. The van der Waals surface area contributed by atoms with Gasteiger partial charge in [-0.05, 0) is 82.5 Å². The Balaban J connectivity index is 1.46. The van der Waals surface area contributed by atoms with Crippen LogP contribution in [0.4, 0.5) is 0 Å². The van der Waals surface area contributed by atoms with Gasteiger partial charge in [-0.3, -0.25) is 5.10 Å². The zero-order valence-corrected chi connectivity index (χ0v) is 13.7. The molecular weight excluding hydrogens is 258 g/mol. The van der Waals surface area contributed by atoms with E-state index in [-0.39, 0.29) is 0 Å². The van der Waals surface area contributed by atoms with Crippen molar-refractivity contribution < 1.29 is 0 Å². The zero-order chi connectivity index (χ0) is 14.6. The second kappa shape index (κ2) is 4.84. The summed E-state index contributed by atoms with van der Waals surface area (Å²) in [5.74, 6) is 3.12. The van der Waals surface area contributed by atoms with Gasteiger partial charge in [0.1, 0.15) is 0 Å². The van der Waals surface area contributed by atoms with Gasteiger partial charge in [-0.25, -0.2) is 0 Å². The van der Waals surface area contributed by atoms with Gasteiger partial charge >= 0.3 is 0 Å². The topological polar surface area (TPSA) is 40.7 Å². The first-order chi connectivity index (χ1) is 10.1. The van der Waals surface area contributed by atoms with Crippen LogP contribution >= 0.6 is 0 Å². The second-order valence-corrected chi connectivity index (χ2v) is 8.30. The lowest BCUT2D eigenvalue weighted by Crippen LogP contribution is -2.54. The van der Waals surface area contributed by atoms with E-state index in [4.69, 9.17) is 0 Å². The number of aryl methyl sites for hydroxylation is 2. The van der Waals surface area contributed by atoms with Crippen LogP contribution in [-0.2, 0) is 6.54 Å². The number of aromatic amines is 1. The first-order valence-electron chi connectivity index (χ1n) is 8.79. The fraction of sp³-hybridized carbons (Fsp3) is 0.833. The summed E-state index contributed by atoms with van der Waals surface area (Å²) in [7, 11) is 0. The van der Waals surface area contributed by atoms with Gasteiger partial charge in [0, 0.05) is 23.8 Å². The minimum absolute atomic E-state index is 0.598. The maximum atomic E-state index is 4.32. The van der Waals surface area contributed by atoms with Gasteiger partial charge in [-0.15, -0.1) is 0 Å². The van der Waals surface area contributed by atoms with Gasteiger partial charge in [-0.2, -0.15) is 5.10 Å². The smallest absolute Gasteiger partial charge is 0.0638 e. The fourth-order valence-electron chi connectivity index (χ4n) is 6.01. The number of nitrogens with zero attached hydrogens (tertiary/aromatic N) is 1. The van der Waals surface area contributed by atoms with Crippen molar-refractivity contribution in [3.63, 3.8) is 0 Å². The molecule has 1 unspecified atom stereocenters. The van der Waals surface area contributed by atoms with Crippen LogP contribution in [0.15, 0.2) is 0 Å². The lowest BCUT2D eigenvalue weighted by Gasteiger charge is -2.59. The molecule has 1 aromatic heterocycles. The Kier molecular flexibility index (Phi) is 3.18. The number of aromatic nitrogens is 2. The largest absolute Gasteiger partial charge is 0.310 e. The molecule has 0 aromatic carbocycles.